The lowest BCUT2D eigenvalue weighted by molar-refractivity contribution is 0.565. The first-order valence-corrected chi connectivity index (χ1v) is 8.99. The van der Waals surface area contributed by atoms with Gasteiger partial charge in [-0.15, -0.1) is 11.3 Å². The molecule has 1 heterocycles. The molecule has 0 radical (unpaired) electrons. The van der Waals surface area contributed by atoms with Crippen LogP contribution in [-0.4, -0.2) is 20.4 Å². The van der Waals surface area contributed by atoms with E-state index >= 15 is 0 Å². The Labute approximate surface area is 129 Å². The SMILES string of the molecule is CNC(C)c1cccc(S(=O)(=O)NC(C)c2nccs2)c1. The fourth-order valence-electron chi connectivity index (χ4n) is 1.92. The Morgan fingerprint density at radius 2 is 2.00 bits per heavy atom. The molecule has 2 unspecified atom stereocenters. The Morgan fingerprint density at radius 3 is 2.62 bits per heavy atom. The molecule has 0 amide bonds. The summed E-state index contributed by atoms with van der Waals surface area (Å²) in [5.41, 5.74) is 0.933. The summed E-state index contributed by atoms with van der Waals surface area (Å²) in [6.45, 7) is 3.77. The first-order chi connectivity index (χ1) is 9.94. The van der Waals surface area contributed by atoms with Crippen LogP contribution in [0.15, 0.2) is 40.7 Å². The molecule has 0 spiro atoms. The summed E-state index contributed by atoms with van der Waals surface area (Å²) in [6.07, 6.45) is 1.67. The molecule has 0 aliphatic rings. The van der Waals surface area contributed by atoms with E-state index < -0.39 is 10.0 Å². The Morgan fingerprint density at radius 1 is 1.24 bits per heavy atom. The highest BCUT2D eigenvalue weighted by molar-refractivity contribution is 7.89. The van der Waals surface area contributed by atoms with Gasteiger partial charge >= 0.3 is 0 Å². The van der Waals surface area contributed by atoms with Crippen molar-refractivity contribution in [3.05, 3.63) is 46.4 Å². The average Bonchev–Trinajstić information content (AvgIpc) is 3.00. The number of nitrogens with zero attached hydrogens (tertiary/aromatic N) is 1. The number of thiazole rings is 1. The van der Waals surface area contributed by atoms with E-state index in [4.69, 9.17) is 0 Å². The van der Waals surface area contributed by atoms with Gasteiger partial charge in [-0.05, 0) is 38.6 Å². The Bertz CT molecular complexity index is 684. The minimum Gasteiger partial charge on any atom is -0.313 e. The predicted molar refractivity (Wildman–Crippen MR) is 84.8 cm³/mol. The fourth-order valence-corrected chi connectivity index (χ4v) is 3.90. The van der Waals surface area contributed by atoms with Crippen molar-refractivity contribution < 1.29 is 8.42 Å². The number of sulfonamides is 1. The van der Waals surface area contributed by atoms with E-state index in [1.54, 1.807) is 31.3 Å². The Hall–Kier alpha value is -1.28. The molecule has 0 aliphatic carbocycles. The van der Waals surface area contributed by atoms with Crippen molar-refractivity contribution >= 4 is 21.4 Å². The molecule has 0 fully saturated rings. The third-order valence-corrected chi connectivity index (χ3v) is 5.75. The fraction of sp³-hybridized carbons (Fsp3) is 0.357. The number of hydrogen-bond donors (Lipinski definition) is 2. The van der Waals surface area contributed by atoms with Gasteiger partial charge in [-0.2, -0.15) is 0 Å². The number of aromatic nitrogens is 1. The van der Waals surface area contributed by atoms with E-state index in [-0.39, 0.29) is 17.0 Å². The summed E-state index contributed by atoms with van der Waals surface area (Å²) in [5, 5.41) is 5.68. The lowest BCUT2D eigenvalue weighted by Gasteiger charge is -2.15. The maximum absolute atomic E-state index is 12.4. The molecular weight excluding hydrogens is 306 g/mol. The molecule has 2 rings (SSSR count). The van der Waals surface area contributed by atoms with Crippen LogP contribution in [0.1, 0.15) is 36.5 Å². The van der Waals surface area contributed by atoms with Gasteiger partial charge in [-0.3, -0.25) is 0 Å². The van der Waals surface area contributed by atoms with E-state index in [1.807, 2.05) is 25.4 Å². The lowest BCUT2D eigenvalue weighted by atomic mass is 10.1. The second kappa shape index (κ2) is 6.65. The normalized spacial score (nSPS) is 14.8. The maximum Gasteiger partial charge on any atom is 0.241 e. The van der Waals surface area contributed by atoms with Gasteiger partial charge in [0.15, 0.2) is 0 Å². The van der Waals surface area contributed by atoms with Gasteiger partial charge in [0.2, 0.25) is 10.0 Å². The standard InChI is InChI=1S/C14H19N3O2S2/c1-10(15-3)12-5-4-6-13(9-12)21(18,19)17-11(2)14-16-7-8-20-14/h4-11,15,17H,1-3H3. The van der Waals surface area contributed by atoms with Crippen molar-refractivity contribution in [2.24, 2.45) is 0 Å². The molecule has 7 heteroatoms. The highest BCUT2D eigenvalue weighted by Gasteiger charge is 2.20. The smallest absolute Gasteiger partial charge is 0.241 e. The minimum absolute atomic E-state index is 0.0940. The Kier molecular flexibility index (Phi) is 5.10. The first-order valence-electron chi connectivity index (χ1n) is 6.63. The average molecular weight is 325 g/mol. The van der Waals surface area contributed by atoms with E-state index in [0.717, 1.165) is 10.6 Å². The largest absolute Gasteiger partial charge is 0.313 e. The van der Waals surface area contributed by atoms with Crippen LogP contribution in [0, 0.1) is 0 Å². The molecule has 0 saturated heterocycles. The van der Waals surface area contributed by atoms with Crippen molar-refractivity contribution in [2.75, 3.05) is 7.05 Å². The van der Waals surface area contributed by atoms with Gasteiger partial charge in [0.25, 0.3) is 0 Å². The van der Waals surface area contributed by atoms with Crippen molar-refractivity contribution in [1.82, 2.24) is 15.0 Å². The summed E-state index contributed by atoms with van der Waals surface area (Å²) in [4.78, 5) is 4.40. The van der Waals surface area contributed by atoms with Crippen molar-refractivity contribution in [3.63, 3.8) is 0 Å². The van der Waals surface area contributed by atoms with Crippen LogP contribution in [0.2, 0.25) is 0 Å². The van der Waals surface area contributed by atoms with Crippen LogP contribution >= 0.6 is 11.3 Å². The van der Waals surface area contributed by atoms with E-state index in [0.29, 0.717) is 0 Å². The molecule has 0 saturated carbocycles. The summed E-state index contributed by atoms with van der Waals surface area (Å²) in [7, 11) is -1.72. The topological polar surface area (TPSA) is 71.1 Å². The summed E-state index contributed by atoms with van der Waals surface area (Å²) >= 11 is 1.43. The number of rotatable bonds is 6. The third kappa shape index (κ3) is 3.88. The minimum atomic E-state index is -3.56. The van der Waals surface area contributed by atoms with E-state index in [2.05, 4.69) is 15.0 Å². The van der Waals surface area contributed by atoms with Gasteiger partial charge in [0, 0.05) is 17.6 Å². The van der Waals surface area contributed by atoms with Gasteiger partial charge < -0.3 is 5.32 Å². The zero-order valence-electron chi connectivity index (χ0n) is 12.2. The monoisotopic (exact) mass is 325 g/mol. The summed E-state index contributed by atoms with van der Waals surface area (Å²) < 4.78 is 27.6. The Balaban J connectivity index is 2.23. The molecule has 0 bridgehead atoms. The predicted octanol–water partition coefficient (Wildman–Crippen LogP) is 2.46. The van der Waals surface area contributed by atoms with Crippen LogP contribution in [0.5, 0.6) is 0 Å². The first kappa shape index (κ1) is 16.1. The molecule has 2 atom stereocenters. The second-order valence-corrected chi connectivity index (χ2v) is 7.44. The highest BCUT2D eigenvalue weighted by atomic mass is 32.2. The summed E-state index contributed by atoms with van der Waals surface area (Å²) in [5.74, 6) is 0. The molecule has 0 aliphatic heterocycles. The highest BCUT2D eigenvalue weighted by Crippen LogP contribution is 2.21. The van der Waals surface area contributed by atoms with Crippen LogP contribution < -0.4 is 10.0 Å². The molecule has 21 heavy (non-hydrogen) atoms. The number of hydrogen-bond acceptors (Lipinski definition) is 5. The molecular formula is C14H19N3O2S2. The third-order valence-electron chi connectivity index (χ3n) is 3.26. The maximum atomic E-state index is 12.4. The lowest BCUT2D eigenvalue weighted by Crippen LogP contribution is -2.27. The zero-order valence-corrected chi connectivity index (χ0v) is 13.8. The van der Waals surface area contributed by atoms with Gasteiger partial charge in [-0.1, -0.05) is 12.1 Å². The van der Waals surface area contributed by atoms with Crippen molar-refractivity contribution in [2.45, 2.75) is 30.8 Å². The van der Waals surface area contributed by atoms with Crippen LogP contribution in [0.3, 0.4) is 0 Å². The van der Waals surface area contributed by atoms with Crippen LogP contribution in [0.4, 0.5) is 0 Å². The van der Waals surface area contributed by atoms with E-state index in [1.165, 1.54) is 11.3 Å². The second-order valence-electron chi connectivity index (χ2n) is 4.80. The quantitative estimate of drug-likeness (QED) is 0.856. The van der Waals surface area contributed by atoms with Gasteiger partial charge in [-0.25, -0.2) is 18.1 Å². The number of nitrogens with one attached hydrogen (secondary N) is 2. The molecule has 114 valence electrons. The zero-order chi connectivity index (χ0) is 15.5. The van der Waals surface area contributed by atoms with E-state index in [9.17, 15) is 8.42 Å². The van der Waals surface area contributed by atoms with Crippen LogP contribution in [-0.2, 0) is 10.0 Å². The molecule has 1 aromatic heterocycles. The van der Waals surface area contributed by atoms with Crippen molar-refractivity contribution in [3.8, 4) is 0 Å². The molecule has 1 aromatic carbocycles. The van der Waals surface area contributed by atoms with Crippen LogP contribution in [0.25, 0.3) is 0 Å². The number of benzene rings is 1. The van der Waals surface area contributed by atoms with Gasteiger partial charge in [0.05, 0.1) is 10.9 Å². The molecule has 5 nitrogen and oxygen atoms in total. The van der Waals surface area contributed by atoms with Crippen molar-refractivity contribution in [1.29, 1.82) is 0 Å². The summed E-state index contributed by atoms with van der Waals surface area (Å²) in [6, 6.07) is 6.70. The molecule has 2 aromatic rings. The van der Waals surface area contributed by atoms with Gasteiger partial charge in [0.1, 0.15) is 5.01 Å². The molecule has 2 N–H and O–H groups in total.